The first-order chi connectivity index (χ1) is 12.2. The monoisotopic (exact) mass is 339 g/mol. The summed E-state index contributed by atoms with van der Waals surface area (Å²) in [6, 6.07) is 20.8. The SMILES string of the molecule is CCCC[C@@H](CC(=O)O)N(CCc1ccccc1)Cc1ccccc1. The fourth-order valence-electron chi connectivity index (χ4n) is 3.18. The third-order valence-electron chi connectivity index (χ3n) is 4.58. The second kappa shape index (κ2) is 10.7. The molecule has 1 atom stereocenters. The van der Waals surface area contributed by atoms with Gasteiger partial charge >= 0.3 is 5.97 Å². The highest BCUT2D eigenvalue weighted by atomic mass is 16.4. The smallest absolute Gasteiger partial charge is 0.304 e. The predicted octanol–water partition coefficient (Wildman–Crippen LogP) is 4.76. The lowest BCUT2D eigenvalue weighted by Crippen LogP contribution is -2.38. The van der Waals surface area contributed by atoms with Crippen molar-refractivity contribution in [1.29, 1.82) is 0 Å². The molecule has 25 heavy (non-hydrogen) atoms. The van der Waals surface area contributed by atoms with Gasteiger partial charge in [0.25, 0.3) is 0 Å². The molecule has 0 spiro atoms. The molecule has 0 aromatic heterocycles. The zero-order chi connectivity index (χ0) is 17.9. The lowest BCUT2D eigenvalue weighted by Gasteiger charge is -2.31. The van der Waals surface area contributed by atoms with Crippen LogP contribution < -0.4 is 0 Å². The number of carbonyl (C=O) groups is 1. The van der Waals surface area contributed by atoms with Crippen molar-refractivity contribution >= 4 is 5.97 Å². The van der Waals surface area contributed by atoms with Crippen molar-refractivity contribution in [1.82, 2.24) is 4.90 Å². The average molecular weight is 339 g/mol. The molecule has 0 aliphatic rings. The molecule has 0 amide bonds. The molecule has 0 saturated heterocycles. The molecule has 0 aliphatic heterocycles. The van der Waals surface area contributed by atoms with E-state index in [0.29, 0.717) is 0 Å². The van der Waals surface area contributed by atoms with Gasteiger partial charge in [-0.3, -0.25) is 9.69 Å². The Hall–Kier alpha value is -2.13. The van der Waals surface area contributed by atoms with Crippen LogP contribution >= 0.6 is 0 Å². The quantitative estimate of drug-likeness (QED) is 0.641. The highest BCUT2D eigenvalue weighted by Gasteiger charge is 2.21. The summed E-state index contributed by atoms with van der Waals surface area (Å²) >= 11 is 0. The average Bonchev–Trinajstić information content (AvgIpc) is 2.63. The van der Waals surface area contributed by atoms with Crippen molar-refractivity contribution in [2.75, 3.05) is 6.54 Å². The van der Waals surface area contributed by atoms with E-state index in [1.165, 1.54) is 11.1 Å². The molecular formula is C22H29NO2. The number of hydrogen-bond acceptors (Lipinski definition) is 2. The third-order valence-corrected chi connectivity index (χ3v) is 4.58. The largest absolute Gasteiger partial charge is 0.481 e. The Morgan fingerprint density at radius 1 is 1.00 bits per heavy atom. The van der Waals surface area contributed by atoms with E-state index >= 15 is 0 Å². The Bertz CT molecular complexity index is 612. The van der Waals surface area contributed by atoms with E-state index in [4.69, 9.17) is 0 Å². The van der Waals surface area contributed by atoms with Gasteiger partial charge < -0.3 is 5.11 Å². The fraction of sp³-hybridized carbons (Fsp3) is 0.409. The van der Waals surface area contributed by atoms with Crippen molar-refractivity contribution in [3.63, 3.8) is 0 Å². The Balaban J connectivity index is 2.11. The standard InChI is InChI=1S/C22H29NO2/c1-2-3-14-21(17-22(24)25)23(18-20-12-8-5-9-13-20)16-15-19-10-6-4-7-11-19/h4-13,21H,2-3,14-18H2,1H3,(H,24,25)/t21-/m0/s1. The van der Waals surface area contributed by atoms with Crippen LogP contribution in [-0.2, 0) is 17.8 Å². The van der Waals surface area contributed by atoms with Gasteiger partial charge in [0, 0.05) is 19.1 Å². The molecule has 3 nitrogen and oxygen atoms in total. The van der Waals surface area contributed by atoms with Crippen LogP contribution in [0.5, 0.6) is 0 Å². The van der Waals surface area contributed by atoms with Crippen molar-refractivity contribution < 1.29 is 9.90 Å². The number of hydrogen-bond donors (Lipinski definition) is 1. The minimum atomic E-state index is -0.709. The van der Waals surface area contributed by atoms with Crippen LogP contribution in [0, 0.1) is 0 Å². The predicted molar refractivity (Wildman–Crippen MR) is 103 cm³/mol. The molecule has 2 aromatic rings. The summed E-state index contributed by atoms with van der Waals surface area (Å²) < 4.78 is 0. The summed E-state index contributed by atoms with van der Waals surface area (Å²) in [7, 11) is 0. The lowest BCUT2D eigenvalue weighted by atomic mass is 10.0. The molecule has 3 heteroatoms. The Kier molecular flexibility index (Phi) is 8.20. The maximum atomic E-state index is 11.4. The normalized spacial score (nSPS) is 12.2. The van der Waals surface area contributed by atoms with Crippen molar-refractivity contribution in [3.8, 4) is 0 Å². The molecule has 0 heterocycles. The van der Waals surface area contributed by atoms with Crippen LogP contribution in [0.3, 0.4) is 0 Å². The molecule has 0 unspecified atom stereocenters. The Labute approximate surface area is 151 Å². The molecular weight excluding hydrogens is 310 g/mol. The topological polar surface area (TPSA) is 40.5 Å². The molecule has 2 rings (SSSR count). The first-order valence-corrected chi connectivity index (χ1v) is 9.22. The third kappa shape index (κ3) is 7.10. The molecule has 0 fully saturated rings. The summed E-state index contributed by atoms with van der Waals surface area (Å²) in [6.45, 7) is 3.83. The zero-order valence-electron chi connectivity index (χ0n) is 15.1. The van der Waals surface area contributed by atoms with E-state index in [1.807, 2.05) is 24.3 Å². The van der Waals surface area contributed by atoms with Crippen molar-refractivity contribution in [2.24, 2.45) is 0 Å². The van der Waals surface area contributed by atoms with Crippen LogP contribution in [0.1, 0.15) is 43.7 Å². The molecule has 1 N–H and O–H groups in total. The van der Waals surface area contributed by atoms with Crippen LogP contribution in [0.2, 0.25) is 0 Å². The van der Waals surface area contributed by atoms with Crippen LogP contribution in [0.25, 0.3) is 0 Å². The summed E-state index contributed by atoms with van der Waals surface area (Å²) in [6.07, 6.45) is 4.24. The van der Waals surface area contributed by atoms with Gasteiger partial charge in [-0.15, -0.1) is 0 Å². The van der Waals surface area contributed by atoms with Gasteiger partial charge in [-0.05, 0) is 24.0 Å². The Morgan fingerprint density at radius 3 is 2.16 bits per heavy atom. The van der Waals surface area contributed by atoms with Crippen molar-refractivity contribution in [2.45, 2.75) is 51.6 Å². The van der Waals surface area contributed by atoms with Gasteiger partial charge in [-0.1, -0.05) is 80.4 Å². The van der Waals surface area contributed by atoms with Crippen LogP contribution in [0.4, 0.5) is 0 Å². The number of nitrogens with zero attached hydrogens (tertiary/aromatic N) is 1. The molecule has 134 valence electrons. The van der Waals surface area contributed by atoms with E-state index in [-0.39, 0.29) is 12.5 Å². The summed E-state index contributed by atoms with van der Waals surface area (Å²) in [5.74, 6) is -0.709. The van der Waals surface area contributed by atoms with Gasteiger partial charge in [0.15, 0.2) is 0 Å². The first-order valence-electron chi connectivity index (χ1n) is 9.22. The minimum Gasteiger partial charge on any atom is -0.481 e. The van der Waals surface area contributed by atoms with E-state index in [9.17, 15) is 9.90 Å². The van der Waals surface area contributed by atoms with Crippen LogP contribution in [-0.4, -0.2) is 28.6 Å². The maximum absolute atomic E-state index is 11.4. The van der Waals surface area contributed by atoms with Gasteiger partial charge in [0.2, 0.25) is 0 Å². The molecule has 0 bridgehead atoms. The number of benzene rings is 2. The second-order valence-electron chi connectivity index (χ2n) is 6.59. The van der Waals surface area contributed by atoms with Gasteiger partial charge in [-0.2, -0.15) is 0 Å². The summed E-state index contributed by atoms with van der Waals surface area (Å²) in [4.78, 5) is 13.7. The number of aliphatic carboxylic acids is 1. The molecule has 0 radical (unpaired) electrons. The zero-order valence-corrected chi connectivity index (χ0v) is 15.1. The first kappa shape index (κ1) is 19.2. The van der Waals surface area contributed by atoms with E-state index in [0.717, 1.165) is 38.8 Å². The molecule has 0 saturated carbocycles. The number of carboxylic acids is 1. The summed E-state index contributed by atoms with van der Waals surface area (Å²) in [5.41, 5.74) is 2.53. The molecule has 2 aromatic carbocycles. The number of rotatable bonds is 11. The highest BCUT2D eigenvalue weighted by Crippen LogP contribution is 2.17. The highest BCUT2D eigenvalue weighted by molar-refractivity contribution is 5.67. The van der Waals surface area contributed by atoms with Crippen molar-refractivity contribution in [3.05, 3.63) is 71.8 Å². The summed E-state index contributed by atoms with van der Waals surface area (Å²) in [5, 5.41) is 9.36. The number of carboxylic acid groups (broad SMARTS) is 1. The minimum absolute atomic E-state index is 0.0846. The van der Waals surface area contributed by atoms with Gasteiger partial charge in [0.05, 0.1) is 6.42 Å². The van der Waals surface area contributed by atoms with E-state index in [1.54, 1.807) is 0 Å². The van der Waals surface area contributed by atoms with E-state index in [2.05, 4.69) is 48.2 Å². The van der Waals surface area contributed by atoms with E-state index < -0.39 is 5.97 Å². The maximum Gasteiger partial charge on any atom is 0.304 e. The Morgan fingerprint density at radius 2 is 1.60 bits per heavy atom. The number of unbranched alkanes of at least 4 members (excludes halogenated alkanes) is 1. The van der Waals surface area contributed by atoms with Crippen LogP contribution in [0.15, 0.2) is 60.7 Å². The van der Waals surface area contributed by atoms with Gasteiger partial charge in [-0.25, -0.2) is 0 Å². The molecule has 0 aliphatic carbocycles. The fourth-order valence-corrected chi connectivity index (χ4v) is 3.18. The van der Waals surface area contributed by atoms with Gasteiger partial charge in [0.1, 0.15) is 0 Å². The second-order valence-corrected chi connectivity index (χ2v) is 6.59. The lowest BCUT2D eigenvalue weighted by molar-refractivity contribution is -0.138.